The minimum absolute atomic E-state index is 0.0118. The highest BCUT2D eigenvalue weighted by atomic mass is 32.2. The van der Waals surface area contributed by atoms with Crippen molar-refractivity contribution in [3.05, 3.63) is 83.4 Å². The standard InChI is InChI=1S/C29H33N3O5S/c1-29(2,3)21-12-10-20(11-13-21)27(33)30-22-8-7-9-23(18-22)31-28(34)25-19-24(14-15-26(25)37-4)38(35,36)32-16-5-6-17-32/h7-15,18-19H,5-6,16-17H2,1-4H3,(H,30,33)(H,31,34). The van der Waals surface area contributed by atoms with Crippen LogP contribution in [-0.2, 0) is 15.4 Å². The molecule has 9 heteroatoms. The van der Waals surface area contributed by atoms with Crippen LogP contribution in [0, 0.1) is 0 Å². The smallest absolute Gasteiger partial charge is 0.259 e. The summed E-state index contributed by atoms with van der Waals surface area (Å²) in [6, 6.07) is 18.5. The predicted octanol–water partition coefficient (Wildman–Crippen LogP) is 5.28. The third-order valence-electron chi connectivity index (χ3n) is 6.51. The highest BCUT2D eigenvalue weighted by Crippen LogP contribution is 2.28. The monoisotopic (exact) mass is 535 g/mol. The van der Waals surface area contributed by atoms with Gasteiger partial charge >= 0.3 is 0 Å². The summed E-state index contributed by atoms with van der Waals surface area (Å²) in [5.74, 6) is -0.539. The Labute approximate surface area is 224 Å². The fourth-order valence-electron chi connectivity index (χ4n) is 4.30. The van der Waals surface area contributed by atoms with Crippen LogP contribution in [0.25, 0.3) is 0 Å². The molecule has 0 radical (unpaired) electrons. The molecule has 2 N–H and O–H groups in total. The third kappa shape index (κ3) is 6.06. The second-order valence-electron chi connectivity index (χ2n) is 10.3. The molecule has 0 spiro atoms. The molecule has 0 bridgehead atoms. The molecule has 200 valence electrons. The topological polar surface area (TPSA) is 105 Å². The zero-order chi connectivity index (χ0) is 27.5. The lowest BCUT2D eigenvalue weighted by molar-refractivity contribution is 0.101. The molecule has 2 amide bonds. The van der Waals surface area contributed by atoms with Crippen LogP contribution >= 0.6 is 0 Å². The number of ether oxygens (including phenoxy) is 1. The van der Waals surface area contributed by atoms with Crippen molar-refractivity contribution in [1.82, 2.24) is 4.31 Å². The Kier molecular flexibility index (Phi) is 7.89. The molecule has 3 aromatic rings. The zero-order valence-electron chi connectivity index (χ0n) is 22.1. The van der Waals surface area contributed by atoms with Gasteiger partial charge in [-0.1, -0.05) is 39.0 Å². The van der Waals surface area contributed by atoms with Crippen molar-refractivity contribution >= 4 is 33.2 Å². The Morgan fingerprint density at radius 2 is 1.45 bits per heavy atom. The van der Waals surface area contributed by atoms with E-state index in [4.69, 9.17) is 4.74 Å². The van der Waals surface area contributed by atoms with Crippen LogP contribution in [-0.4, -0.2) is 44.7 Å². The fraction of sp³-hybridized carbons (Fsp3) is 0.310. The Balaban J connectivity index is 1.50. The van der Waals surface area contributed by atoms with Crippen LogP contribution in [0.5, 0.6) is 5.75 Å². The molecule has 1 aliphatic heterocycles. The first-order valence-corrected chi connectivity index (χ1v) is 13.9. The predicted molar refractivity (Wildman–Crippen MR) is 148 cm³/mol. The van der Waals surface area contributed by atoms with E-state index in [1.165, 1.54) is 29.6 Å². The van der Waals surface area contributed by atoms with E-state index in [0.717, 1.165) is 18.4 Å². The molecule has 0 aromatic heterocycles. The Hall–Kier alpha value is -3.69. The highest BCUT2D eigenvalue weighted by molar-refractivity contribution is 7.89. The quantitative estimate of drug-likeness (QED) is 0.428. The normalized spacial score (nSPS) is 14.2. The van der Waals surface area contributed by atoms with Crippen molar-refractivity contribution in [2.75, 3.05) is 30.8 Å². The number of hydrogen-bond donors (Lipinski definition) is 2. The lowest BCUT2D eigenvalue weighted by Crippen LogP contribution is -2.28. The van der Waals surface area contributed by atoms with E-state index < -0.39 is 15.9 Å². The van der Waals surface area contributed by atoms with Gasteiger partial charge in [-0.25, -0.2) is 8.42 Å². The second kappa shape index (κ2) is 11.0. The molecule has 0 atom stereocenters. The fourth-order valence-corrected chi connectivity index (χ4v) is 5.84. The number of carbonyl (C=O) groups is 2. The van der Waals surface area contributed by atoms with Crippen LogP contribution < -0.4 is 15.4 Å². The average Bonchev–Trinajstić information content (AvgIpc) is 3.44. The summed E-state index contributed by atoms with van der Waals surface area (Å²) < 4.78 is 32.8. The first-order valence-electron chi connectivity index (χ1n) is 12.5. The van der Waals surface area contributed by atoms with Crippen LogP contribution in [0.1, 0.15) is 59.9 Å². The van der Waals surface area contributed by atoms with Crippen LogP contribution in [0.15, 0.2) is 71.6 Å². The van der Waals surface area contributed by atoms with Gasteiger partial charge in [-0.05, 0) is 72.4 Å². The van der Waals surface area contributed by atoms with E-state index in [9.17, 15) is 18.0 Å². The van der Waals surface area contributed by atoms with E-state index in [2.05, 4.69) is 31.4 Å². The van der Waals surface area contributed by atoms with Crippen molar-refractivity contribution in [1.29, 1.82) is 0 Å². The van der Waals surface area contributed by atoms with E-state index in [1.54, 1.807) is 36.4 Å². The van der Waals surface area contributed by atoms with Crippen LogP contribution in [0.2, 0.25) is 0 Å². The maximum Gasteiger partial charge on any atom is 0.259 e. The molecule has 1 aliphatic rings. The second-order valence-corrected chi connectivity index (χ2v) is 12.2. The zero-order valence-corrected chi connectivity index (χ0v) is 22.9. The number of nitrogens with zero attached hydrogens (tertiary/aromatic N) is 1. The number of hydrogen-bond acceptors (Lipinski definition) is 5. The molecule has 0 aliphatic carbocycles. The molecule has 4 rings (SSSR count). The summed E-state index contributed by atoms with van der Waals surface area (Å²) in [6.07, 6.45) is 1.63. The minimum atomic E-state index is -3.70. The molecule has 3 aromatic carbocycles. The van der Waals surface area contributed by atoms with Gasteiger partial charge in [0.25, 0.3) is 11.8 Å². The Bertz CT molecular complexity index is 1440. The first-order chi connectivity index (χ1) is 18.0. The summed E-state index contributed by atoms with van der Waals surface area (Å²) in [5, 5.41) is 5.63. The van der Waals surface area contributed by atoms with Gasteiger partial charge in [-0.15, -0.1) is 0 Å². The molecule has 38 heavy (non-hydrogen) atoms. The van der Waals surface area contributed by atoms with Crippen LogP contribution in [0.3, 0.4) is 0 Å². The lowest BCUT2D eigenvalue weighted by Gasteiger charge is -2.19. The molecule has 0 unspecified atom stereocenters. The van der Waals surface area contributed by atoms with Gasteiger partial charge < -0.3 is 15.4 Å². The molecule has 1 fully saturated rings. The molecular weight excluding hydrogens is 502 g/mol. The molecule has 8 nitrogen and oxygen atoms in total. The van der Waals surface area contributed by atoms with Gasteiger partial charge in [0.15, 0.2) is 0 Å². The van der Waals surface area contributed by atoms with Crippen molar-refractivity contribution in [3.63, 3.8) is 0 Å². The SMILES string of the molecule is COc1ccc(S(=O)(=O)N2CCCC2)cc1C(=O)Nc1cccc(NC(=O)c2ccc(C(C)(C)C)cc2)c1. The van der Waals surface area contributed by atoms with Gasteiger partial charge in [-0.3, -0.25) is 9.59 Å². The van der Waals surface area contributed by atoms with E-state index >= 15 is 0 Å². The first kappa shape index (κ1) is 27.3. The van der Waals surface area contributed by atoms with E-state index in [0.29, 0.717) is 30.0 Å². The minimum Gasteiger partial charge on any atom is -0.496 e. The molecule has 1 saturated heterocycles. The summed E-state index contributed by atoms with van der Waals surface area (Å²) in [6.45, 7) is 7.27. The average molecular weight is 536 g/mol. The lowest BCUT2D eigenvalue weighted by atomic mass is 9.87. The molecule has 0 saturated carbocycles. The van der Waals surface area contributed by atoms with E-state index in [1.807, 2.05) is 12.1 Å². The maximum absolute atomic E-state index is 13.2. The number of methoxy groups -OCH3 is 1. The number of rotatable bonds is 7. The largest absolute Gasteiger partial charge is 0.496 e. The van der Waals surface area contributed by atoms with Crippen molar-refractivity contribution in [3.8, 4) is 5.75 Å². The summed E-state index contributed by atoms with van der Waals surface area (Å²) in [4.78, 5) is 26.0. The van der Waals surface area contributed by atoms with Gasteiger partial charge in [0, 0.05) is 30.0 Å². The van der Waals surface area contributed by atoms with Crippen molar-refractivity contribution in [2.45, 2.75) is 43.9 Å². The third-order valence-corrected chi connectivity index (χ3v) is 8.40. The van der Waals surface area contributed by atoms with Gasteiger partial charge in [0.2, 0.25) is 10.0 Å². The maximum atomic E-state index is 13.2. The van der Waals surface area contributed by atoms with Crippen molar-refractivity contribution < 1.29 is 22.7 Å². The number of amides is 2. The van der Waals surface area contributed by atoms with Gasteiger partial charge in [0.05, 0.1) is 17.6 Å². The number of nitrogens with one attached hydrogen (secondary N) is 2. The number of benzene rings is 3. The Morgan fingerprint density at radius 3 is 2.03 bits per heavy atom. The summed E-state index contributed by atoms with van der Waals surface area (Å²) >= 11 is 0. The van der Waals surface area contributed by atoms with Gasteiger partial charge in [0.1, 0.15) is 5.75 Å². The molecule has 1 heterocycles. The number of sulfonamides is 1. The number of anilines is 2. The number of carbonyl (C=O) groups excluding carboxylic acids is 2. The van der Waals surface area contributed by atoms with Crippen molar-refractivity contribution in [2.24, 2.45) is 0 Å². The summed E-state index contributed by atoms with van der Waals surface area (Å²) in [7, 11) is -2.28. The highest BCUT2D eigenvalue weighted by Gasteiger charge is 2.28. The van der Waals surface area contributed by atoms with Gasteiger partial charge in [-0.2, -0.15) is 4.31 Å². The summed E-state index contributed by atoms with van der Waals surface area (Å²) in [5.41, 5.74) is 2.68. The molecular formula is C29H33N3O5S. The Morgan fingerprint density at radius 1 is 0.842 bits per heavy atom. The van der Waals surface area contributed by atoms with E-state index in [-0.39, 0.29) is 27.5 Å². The van der Waals surface area contributed by atoms with Crippen LogP contribution in [0.4, 0.5) is 11.4 Å².